The Kier molecular flexibility index (Phi) is 5.99. The molecule has 0 radical (unpaired) electrons. The molecule has 0 N–H and O–H groups in total. The summed E-state index contributed by atoms with van der Waals surface area (Å²) in [5.41, 5.74) is 3.07. The number of aryl methyl sites for hydroxylation is 1. The summed E-state index contributed by atoms with van der Waals surface area (Å²) in [6.45, 7) is 6.22. The van der Waals surface area contributed by atoms with Crippen molar-refractivity contribution in [2.45, 2.75) is 46.1 Å². The number of benzene rings is 1. The quantitative estimate of drug-likeness (QED) is 0.671. The molecule has 6 nitrogen and oxygen atoms in total. The van der Waals surface area contributed by atoms with Crippen molar-refractivity contribution in [2.24, 2.45) is 0 Å². The molecule has 2 aromatic rings. The van der Waals surface area contributed by atoms with E-state index in [1.807, 2.05) is 27.8 Å². The van der Waals surface area contributed by atoms with Gasteiger partial charge in [0.05, 0.1) is 10.4 Å². The maximum atomic E-state index is 12.9. The molecule has 1 aromatic carbocycles. The number of thioether (sulfide) groups is 1. The molecule has 3 heterocycles. The molecule has 3 amide bonds. The topological polar surface area (TPSA) is 62.6 Å². The molecule has 7 heteroatoms. The number of piperidine rings is 1. The van der Waals surface area contributed by atoms with E-state index in [-0.39, 0.29) is 23.6 Å². The number of para-hydroxylation sites is 1. The lowest BCUT2D eigenvalue weighted by Crippen LogP contribution is -2.37. The first-order valence-corrected chi connectivity index (χ1v) is 11.5. The van der Waals surface area contributed by atoms with Crippen molar-refractivity contribution in [3.8, 4) is 0 Å². The highest BCUT2D eigenvalue weighted by Gasteiger charge is 2.34. The first-order valence-electron chi connectivity index (χ1n) is 10.7. The van der Waals surface area contributed by atoms with Crippen LogP contribution < -0.4 is 0 Å². The van der Waals surface area contributed by atoms with E-state index in [1.165, 1.54) is 16.9 Å². The van der Waals surface area contributed by atoms with Gasteiger partial charge in [-0.3, -0.25) is 19.3 Å². The Hall–Kier alpha value is -2.54. The van der Waals surface area contributed by atoms with Crippen LogP contribution in [0.3, 0.4) is 0 Å². The minimum absolute atomic E-state index is 0.135. The summed E-state index contributed by atoms with van der Waals surface area (Å²) < 4.78 is 2.01. The third kappa shape index (κ3) is 3.78. The van der Waals surface area contributed by atoms with E-state index >= 15 is 0 Å². The van der Waals surface area contributed by atoms with Crippen molar-refractivity contribution < 1.29 is 14.4 Å². The lowest BCUT2D eigenvalue weighted by Gasteiger charge is -2.27. The van der Waals surface area contributed by atoms with Gasteiger partial charge in [-0.15, -0.1) is 0 Å². The minimum Gasteiger partial charge on any atom is -0.341 e. The van der Waals surface area contributed by atoms with Gasteiger partial charge in [-0.05, 0) is 56.0 Å². The van der Waals surface area contributed by atoms with Gasteiger partial charge in [0.1, 0.15) is 6.54 Å². The molecule has 2 aliphatic heterocycles. The SMILES string of the molecule is CCc1cccc2c(/C=C3\SC(=O)N(CC)C3=O)cn(CC(=O)N3CCCCC3)c12. The van der Waals surface area contributed by atoms with Crippen molar-refractivity contribution in [1.29, 1.82) is 0 Å². The van der Waals surface area contributed by atoms with Crippen LogP contribution in [-0.4, -0.2) is 51.1 Å². The highest BCUT2D eigenvalue weighted by molar-refractivity contribution is 8.18. The van der Waals surface area contributed by atoms with Gasteiger partial charge < -0.3 is 9.47 Å². The minimum atomic E-state index is -0.246. The molecule has 158 valence electrons. The lowest BCUT2D eigenvalue weighted by molar-refractivity contribution is -0.132. The van der Waals surface area contributed by atoms with Crippen LogP contribution in [0.4, 0.5) is 4.79 Å². The van der Waals surface area contributed by atoms with E-state index in [9.17, 15) is 14.4 Å². The fourth-order valence-corrected chi connectivity index (χ4v) is 5.19. The number of likely N-dealkylation sites (N-methyl/N-ethyl adjacent to an activating group) is 1. The highest BCUT2D eigenvalue weighted by atomic mass is 32.2. The highest BCUT2D eigenvalue weighted by Crippen LogP contribution is 2.34. The van der Waals surface area contributed by atoms with Crippen molar-refractivity contribution in [1.82, 2.24) is 14.4 Å². The summed E-state index contributed by atoms with van der Waals surface area (Å²) in [7, 11) is 0. The second-order valence-electron chi connectivity index (χ2n) is 7.75. The van der Waals surface area contributed by atoms with Crippen LogP contribution in [0, 0.1) is 0 Å². The normalized spacial score (nSPS) is 18.8. The predicted octanol–water partition coefficient (Wildman–Crippen LogP) is 4.27. The van der Waals surface area contributed by atoms with Crippen LogP contribution in [0.25, 0.3) is 17.0 Å². The third-order valence-electron chi connectivity index (χ3n) is 5.88. The number of likely N-dealkylation sites (tertiary alicyclic amines) is 1. The number of carbonyl (C=O) groups excluding carboxylic acids is 3. The van der Waals surface area contributed by atoms with Gasteiger partial charge in [0.15, 0.2) is 0 Å². The van der Waals surface area contributed by atoms with Crippen molar-refractivity contribution in [3.05, 3.63) is 40.4 Å². The number of aromatic nitrogens is 1. The van der Waals surface area contributed by atoms with Gasteiger partial charge in [-0.25, -0.2) is 0 Å². The van der Waals surface area contributed by atoms with Gasteiger partial charge in [-0.2, -0.15) is 0 Å². The van der Waals surface area contributed by atoms with Gasteiger partial charge in [-0.1, -0.05) is 25.1 Å². The molecule has 0 atom stereocenters. The molecule has 4 rings (SSSR count). The number of rotatable bonds is 5. The Balaban J connectivity index is 1.73. The summed E-state index contributed by atoms with van der Waals surface area (Å²) >= 11 is 0.980. The molecule has 0 spiro atoms. The number of hydrogen-bond acceptors (Lipinski definition) is 4. The van der Waals surface area contributed by atoms with Gasteiger partial charge in [0.25, 0.3) is 11.1 Å². The van der Waals surface area contributed by atoms with Gasteiger partial charge >= 0.3 is 0 Å². The number of hydrogen-bond donors (Lipinski definition) is 0. The Morgan fingerprint density at radius 1 is 1.13 bits per heavy atom. The van der Waals surface area contributed by atoms with Crippen molar-refractivity contribution >= 4 is 45.8 Å². The fraction of sp³-hybridized carbons (Fsp3) is 0.435. The first kappa shape index (κ1) is 20.7. The van der Waals surface area contributed by atoms with Crippen LogP contribution in [0.15, 0.2) is 29.3 Å². The van der Waals surface area contributed by atoms with Gasteiger partial charge in [0.2, 0.25) is 5.91 Å². The van der Waals surface area contributed by atoms with Crippen LogP contribution >= 0.6 is 11.8 Å². The predicted molar refractivity (Wildman–Crippen MR) is 120 cm³/mol. The average Bonchev–Trinajstić information content (AvgIpc) is 3.24. The smallest absolute Gasteiger partial charge is 0.293 e. The molecular weight excluding hydrogens is 398 g/mol. The Bertz CT molecular complexity index is 1030. The molecule has 0 aliphatic carbocycles. The first-order chi connectivity index (χ1) is 14.5. The fourth-order valence-electron chi connectivity index (χ4n) is 4.29. The molecule has 0 unspecified atom stereocenters. The summed E-state index contributed by atoms with van der Waals surface area (Å²) in [5, 5.41) is 0.774. The number of carbonyl (C=O) groups is 3. The lowest BCUT2D eigenvalue weighted by atomic mass is 10.1. The van der Waals surface area contributed by atoms with Crippen molar-refractivity contribution in [3.63, 3.8) is 0 Å². The van der Waals surface area contributed by atoms with E-state index in [4.69, 9.17) is 0 Å². The largest absolute Gasteiger partial charge is 0.341 e. The van der Waals surface area contributed by atoms with E-state index in [2.05, 4.69) is 13.0 Å². The van der Waals surface area contributed by atoms with Gasteiger partial charge in [0, 0.05) is 36.8 Å². The molecule has 0 saturated carbocycles. The van der Waals surface area contributed by atoms with Crippen molar-refractivity contribution in [2.75, 3.05) is 19.6 Å². The second-order valence-corrected chi connectivity index (χ2v) is 8.74. The second kappa shape index (κ2) is 8.68. The number of imide groups is 1. The third-order valence-corrected chi connectivity index (χ3v) is 6.79. The van der Waals surface area contributed by atoms with E-state index in [0.717, 1.165) is 60.6 Å². The molecule has 0 bridgehead atoms. The maximum Gasteiger partial charge on any atom is 0.293 e. The zero-order valence-corrected chi connectivity index (χ0v) is 18.3. The summed E-state index contributed by atoms with van der Waals surface area (Å²) in [6.07, 6.45) is 7.92. The molecule has 2 saturated heterocycles. The Morgan fingerprint density at radius 3 is 2.57 bits per heavy atom. The molecule has 1 aromatic heterocycles. The van der Waals surface area contributed by atoms with E-state index in [0.29, 0.717) is 11.4 Å². The zero-order chi connectivity index (χ0) is 21.3. The summed E-state index contributed by atoms with van der Waals surface area (Å²) in [5.74, 6) is -0.111. The standard InChI is InChI=1S/C23H27N3O3S/c1-3-16-9-8-10-18-17(13-19-22(28)26(4-2)23(29)30-19)14-25(21(16)18)15-20(27)24-11-6-5-7-12-24/h8-10,13-14H,3-7,11-12,15H2,1-2H3/b19-13-. The Labute approximate surface area is 180 Å². The maximum absolute atomic E-state index is 12.9. The molecule has 30 heavy (non-hydrogen) atoms. The summed E-state index contributed by atoms with van der Waals surface area (Å²) in [4.78, 5) is 41.2. The average molecular weight is 426 g/mol. The molecule has 2 fully saturated rings. The Morgan fingerprint density at radius 2 is 1.90 bits per heavy atom. The number of fused-ring (bicyclic) bond motifs is 1. The van der Waals surface area contributed by atoms with E-state index in [1.54, 1.807) is 13.0 Å². The molecule has 2 aliphatic rings. The monoisotopic (exact) mass is 425 g/mol. The number of amides is 3. The summed E-state index contributed by atoms with van der Waals surface area (Å²) in [6, 6.07) is 6.11. The van der Waals surface area contributed by atoms with Crippen LogP contribution in [-0.2, 0) is 22.6 Å². The van der Waals surface area contributed by atoms with Crippen LogP contribution in [0.1, 0.15) is 44.2 Å². The van der Waals surface area contributed by atoms with Crippen LogP contribution in [0.2, 0.25) is 0 Å². The van der Waals surface area contributed by atoms with E-state index < -0.39 is 0 Å². The molecular formula is C23H27N3O3S. The van der Waals surface area contributed by atoms with Crippen LogP contribution in [0.5, 0.6) is 0 Å². The zero-order valence-electron chi connectivity index (χ0n) is 17.5. The number of nitrogens with zero attached hydrogens (tertiary/aromatic N) is 3.